The van der Waals surface area contributed by atoms with E-state index in [2.05, 4.69) is 9.88 Å². The van der Waals surface area contributed by atoms with E-state index in [1.165, 1.54) is 10.9 Å². The molecule has 0 spiro atoms. The fourth-order valence-corrected chi connectivity index (χ4v) is 2.83. The molecule has 1 aromatic carbocycles. The molecule has 22 heavy (non-hydrogen) atoms. The fourth-order valence-electron chi connectivity index (χ4n) is 2.83. The number of aliphatic hydroxyl groups excluding tert-OH is 1. The molecule has 1 aromatic heterocycles. The summed E-state index contributed by atoms with van der Waals surface area (Å²) in [6, 6.07) is 5.57. The minimum absolute atomic E-state index is 0.102. The number of fused-ring (bicyclic) bond motifs is 1. The Kier molecular flexibility index (Phi) is 4.52. The van der Waals surface area contributed by atoms with E-state index in [-0.39, 0.29) is 12.1 Å². The molecule has 0 radical (unpaired) electrons. The van der Waals surface area contributed by atoms with Crippen LogP contribution in [0.4, 0.5) is 0 Å². The summed E-state index contributed by atoms with van der Waals surface area (Å²) in [7, 11) is 0. The lowest BCUT2D eigenvalue weighted by Crippen LogP contribution is -2.42. The second-order valence-corrected chi connectivity index (χ2v) is 5.74. The van der Waals surface area contributed by atoms with Crippen LogP contribution in [0, 0.1) is 6.92 Å². The summed E-state index contributed by atoms with van der Waals surface area (Å²) in [5, 5.41) is 10.8. The van der Waals surface area contributed by atoms with Crippen molar-refractivity contribution in [3.8, 4) is 0 Å². The van der Waals surface area contributed by atoms with Crippen molar-refractivity contribution >= 4 is 10.9 Å². The first-order valence-corrected chi connectivity index (χ1v) is 7.58. The van der Waals surface area contributed by atoms with Gasteiger partial charge in [-0.1, -0.05) is 12.1 Å². The number of hydrogen-bond donors (Lipinski definition) is 1. The molecule has 3 rings (SSSR count). The van der Waals surface area contributed by atoms with Gasteiger partial charge in [-0.15, -0.1) is 0 Å². The lowest BCUT2D eigenvalue weighted by molar-refractivity contribution is 0.0113. The molecule has 2 aromatic rings. The summed E-state index contributed by atoms with van der Waals surface area (Å²) in [5.74, 6) is 0. The highest BCUT2D eigenvalue weighted by atomic mass is 16.5. The molecule has 1 N–H and O–H groups in total. The number of β-amino-alcohol motifs (C(OH)–C–C–N with tert-alkyl or cyclic N) is 1. The Morgan fingerprint density at radius 3 is 2.86 bits per heavy atom. The topological polar surface area (TPSA) is 67.6 Å². The van der Waals surface area contributed by atoms with E-state index in [9.17, 15) is 9.90 Å². The predicted octanol–water partition coefficient (Wildman–Crippen LogP) is 0.398. The van der Waals surface area contributed by atoms with Crippen LogP contribution >= 0.6 is 0 Å². The van der Waals surface area contributed by atoms with E-state index >= 15 is 0 Å². The smallest absolute Gasteiger partial charge is 0.261 e. The number of nitrogens with zero attached hydrogens (tertiary/aromatic N) is 3. The van der Waals surface area contributed by atoms with Gasteiger partial charge in [0, 0.05) is 19.6 Å². The van der Waals surface area contributed by atoms with Crippen LogP contribution < -0.4 is 5.56 Å². The molecule has 1 fully saturated rings. The van der Waals surface area contributed by atoms with Crippen LogP contribution in [0.15, 0.2) is 29.3 Å². The van der Waals surface area contributed by atoms with Gasteiger partial charge >= 0.3 is 0 Å². The quantitative estimate of drug-likeness (QED) is 0.885. The van der Waals surface area contributed by atoms with Crippen molar-refractivity contribution in [2.24, 2.45) is 0 Å². The zero-order valence-electron chi connectivity index (χ0n) is 12.7. The Bertz CT molecular complexity index is 707. The van der Waals surface area contributed by atoms with Gasteiger partial charge in [0.1, 0.15) is 0 Å². The molecule has 1 aliphatic rings. The summed E-state index contributed by atoms with van der Waals surface area (Å²) < 4.78 is 6.78. The van der Waals surface area contributed by atoms with E-state index in [0.29, 0.717) is 25.1 Å². The van der Waals surface area contributed by atoms with Gasteiger partial charge in [0.25, 0.3) is 5.56 Å². The Balaban J connectivity index is 1.76. The van der Waals surface area contributed by atoms with Crippen molar-refractivity contribution in [2.45, 2.75) is 19.6 Å². The van der Waals surface area contributed by atoms with E-state index < -0.39 is 6.10 Å². The second kappa shape index (κ2) is 6.56. The fraction of sp³-hybridized carbons (Fsp3) is 0.500. The van der Waals surface area contributed by atoms with Crippen LogP contribution in [0.3, 0.4) is 0 Å². The highest BCUT2D eigenvalue weighted by Crippen LogP contribution is 2.11. The molecule has 0 saturated carbocycles. The van der Waals surface area contributed by atoms with E-state index in [0.717, 1.165) is 24.2 Å². The molecule has 0 aliphatic carbocycles. The molecule has 1 saturated heterocycles. The van der Waals surface area contributed by atoms with Gasteiger partial charge in [-0.2, -0.15) is 0 Å². The van der Waals surface area contributed by atoms with Gasteiger partial charge < -0.3 is 9.84 Å². The van der Waals surface area contributed by atoms with Crippen molar-refractivity contribution in [1.82, 2.24) is 14.5 Å². The Morgan fingerprint density at radius 2 is 2.09 bits per heavy atom. The molecule has 118 valence electrons. The van der Waals surface area contributed by atoms with Crippen LogP contribution in [-0.2, 0) is 11.3 Å². The standard InChI is InChI=1S/C16H21N3O3/c1-12-3-2-4-14-15(12)17-11-19(16(14)21)10-13(20)9-18-5-7-22-8-6-18/h2-4,11,13,20H,5-10H2,1H3. The Morgan fingerprint density at radius 1 is 1.32 bits per heavy atom. The number of benzene rings is 1. The summed E-state index contributed by atoms with van der Waals surface area (Å²) >= 11 is 0. The zero-order chi connectivity index (χ0) is 15.5. The van der Waals surface area contributed by atoms with Gasteiger partial charge in [0.05, 0.1) is 43.1 Å². The first-order chi connectivity index (χ1) is 10.6. The van der Waals surface area contributed by atoms with Gasteiger partial charge in [-0.25, -0.2) is 4.98 Å². The first kappa shape index (κ1) is 15.1. The summed E-state index contributed by atoms with van der Waals surface area (Å²) in [4.78, 5) is 19.0. The van der Waals surface area contributed by atoms with Crippen molar-refractivity contribution in [2.75, 3.05) is 32.8 Å². The maximum atomic E-state index is 12.5. The van der Waals surface area contributed by atoms with E-state index in [1.54, 1.807) is 6.07 Å². The molecule has 6 heteroatoms. The molecule has 1 atom stereocenters. The molecule has 0 amide bonds. The normalized spacial score (nSPS) is 17.7. The number of rotatable bonds is 4. The number of morpholine rings is 1. The van der Waals surface area contributed by atoms with Crippen LogP contribution in [0.2, 0.25) is 0 Å². The summed E-state index contributed by atoms with van der Waals surface area (Å²) in [6.45, 7) is 5.77. The molecular formula is C16H21N3O3. The number of ether oxygens (including phenoxy) is 1. The van der Waals surface area contributed by atoms with Crippen molar-refractivity contribution in [3.05, 3.63) is 40.4 Å². The summed E-state index contributed by atoms with van der Waals surface area (Å²) in [5.41, 5.74) is 1.61. The Hall–Kier alpha value is -1.76. The molecule has 1 aliphatic heterocycles. The number of aromatic nitrogens is 2. The van der Waals surface area contributed by atoms with Gasteiger partial charge in [0.2, 0.25) is 0 Å². The van der Waals surface area contributed by atoms with E-state index in [1.807, 2.05) is 19.1 Å². The molecule has 6 nitrogen and oxygen atoms in total. The molecule has 1 unspecified atom stereocenters. The van der Waals surface area contributed by atoms with Crippen molar-refractivity contribution in [1.29, 1.82) is 0 Å². The largest absolute Gasteiger partial charge is 0.390 e. The zero-order valence-corrected chi connectivity index (χ0v) is 12.7. The van der Waals surface area contributed by atoms with Crippen LogP contribution in [0.1, 0.15) is 5.56 Å². The highest BCUT2D eigenvalue weighted by Gasteiger charge is 2.16. The van der Waals surface area contributed by atoms with Crippen molar-refractivity contribution < 1.29 is 9.84 Å². The van der Waals surface area contributed by atoms with Crippen molar-refractivity contribution in [3.63, 3.8) is 0 Å². The molecular weight excluding hydrogens is 282 g/mol. The monoisotopic (exact) mass is 303 g/mol. The van der Waals surface area contributed by atoms with E-state index in [4.69, 9.17) is 4.74 Å². The van der Waals surface area contributed by atoms with Gasteiger partial charge in [0.15, 0.2) is 0 Å². The minimum atomic E-state index is -0.597. The third-order valence-corrected chi connectivity index (χ3v) is 4.04. The number of aliphatic hydroxyl groups is 1. The minimum Gasteiger partial charge on any atom is -0.390 e. The van der Waals surface area contributed by atoms with Crippen LogP contribution in [0.25, 0.3) is 10.9 Å². The number of aryl methyl sites for hydroxylation is 1. The SMILES string of the molecule is Cc1cccc2c(=O)n(CC(O)CN3CCOCC3)cnc12. The maximum Gasteiger partial charge on any atom is 0.261 e. The Labute approximate surface area is 129 Å². The van der Waals surface area contributed by atoms with Gasteiger partial charge in [-0.05, 0) is 18.6 Å². The van der Waals surface area contributed by atoms with Gasteiger partial charge in [-0.3, -0.25) is 14.3 Å². The number of para-hydroxylation sites is 1. The average molecular weight is 303 g/mol. The molecule has 2 heterocycles. The first-order valence-electron chi connectivity index (χ1n) is 7.58. The van der Waals surface area contributed by atoms with Crippen LogP contribution in [-0.4, -0.2) is 58.5 Å². The molecule has 0 bridgehead atoms. The summed E-state index contributed by atoms with van der Waals surface area (Å²) in [6.07, 6.45) is 0.931. The predicted molar refractivity (Wildman–Crippen MR) is 84.0 cm³/mol. The maximum absolute atomic E-state index is 12.5. The third-order valence-electron chi connectivity index (χ3n) is 4.04. The lowest BCUT2D eigenvalue weighted by Gasteiger charge is -2.28. The van der Waals surface area contributed by atoms with Crippen LogP contribution in [0.5, 0.6) is 0 Å². The third kappa shape index (κ3) is 3.19. The highest BCUT2D eigenvalue weighted by molar-refractivity contribution is 5.80. The number of hydrogen-bond acceptors (Lipinski definition) is 5. The second-order valence-electron chi connectivity index (χ2n) is 5.74. The lowest BCUT2D eigenvalue weighted by atomic mass is 10.1. The average Bonchev–Trinajstić information content (AvgIpc) is 2.52.